The Kier molecular flexibility index (Phi) is 6.77. The molecule has 0 amide bonds. The first-order valence-corrected chi connectivity index (χ1v) is 20.1. The van der Waals surface area contributed by atoms with Crippen molar-refractivity contribution < 1.29 is 0 Å². The largest absolute Gasteiger partial charge is 0.310 e. The molecule has 0 aromatic heterocycles. The van der Waals surface area contributed by atoms with Crippen molar-refractivity contribution in [1.82, 2.24) is 0 Å². The van der Waals surface area contributed by atoms with Crippen LogP contribution in [0.5, 0.6) is 0 Å². The molecule has 11 rings (SSSR count). The number of fused-ring (bicyclic) bond motifs is 11. The van der Waals surface area contributed by atoms with Crippen molar-refractivity contribution in [3.05, 3.63) is 197 Å². The van der Waals surface area contributed by atoms with Gasteiger partial charge in [0.05, 0.1) is 5.69 Å². The first-order valence-electron chi connectivity index (χ1n) is 20.1. The third kappa shape index (κ3) is 4.43. The number of rotatable bonds is 4. The molecule has 270 valence electrons. The number of nitrogens with zero attached hydrogens (tertiary/aromatic N) is 1. The van der Waals surface area contributed by atoms with Gasteiger partial charge in [-0.05, 0) is 119 Å². The number of benzene rings is 8. The van der Waals surface area contributed by atoms with Crippen LogP contribution in [-0.4, -0.2) is 0 Å². The Labute approximate surface area is 330 Å². The summed E-state index contributed by atoms with van der Waals surface area (Å²) in [6.45, 7) is 14.3. The van der Waals surface area contributed by atoms with Crippen LogP contribution in [0.15, 0.2) is 164 Å². The molecule has 1 heteroatoms. The third-order valence-corrected chi connectivity index (χ3v) is 13.6. The van der Waals surface area contributed by atoms with Gasteiger partial charge in [0.1, 0.15) is 0 Å². The van der Waals surface area contributed by atoms with E-state index in [1.807, 2.05) is 0 Å². The smallest absolute Gasteiger partial charge is 0.0549 e. The van der Waals surface area contributed by atoms with Crippen molar-refractivity contribution in [2.75, 3.05) is 4.90 Å². The monoisotopic (exact) mass is 719 g/mol. The van der Waals surface area contributed by atoms with E-state index in [0.717, 1.165) is 5.69 Å². The molecule has 56 heavy (non-hydrogen) atoms. The first kappa shape index (κ1) is 33.2. The number of anilines is 3. The van der Waals surface area contributed by atoms with E-state index in [-0.39, 0.29) is 16.2 Å². The Morgan fingerprint density at radius 2 is 0.875 bits per heavy atom. The topological polar surface area (TPSA) is 3.24 Å². The van der Waals surface area contributed by atoms with Gasteiger partial charge < -0.3 is 4.90 Å². The van der Waals surface area contributed by atoms with Gasteiger partial charge >= 0.3 is 0 Å². The van der Waals surface area contributed by atoms with Crippen LogP contribution in [0.4, 0.5) is 17.1 Å². The summed E-state index contributed by atoms with van der Waals surface area (Å²) in [6, 6.07) is 61.9. The van der Waals surface area contributed by atoms with Gasteiger partial charge in [0.15, 0.2) is 0 Å². The van der Waals surface area contributed by atoms with Crippen LogP contribution in [-0.2, 0) is 16.2 Å². The van der Waals surface area contributed by atoms with E-state index in [1.165, 1.54) is 100 Å². The van der Waals surface area contributed by atoms with Crippen molar-refractivity contribution >= 4 is 27.8 Å². The molecular weight excluding hydrogens is 675 g/mol. The molecule has 3 aliphatic rings. The molecule has 0 heterocycles. The molecule has 0 N–H and O–H groups in total. The Hall–Kier alpha value is -6.18. The third-order valence-electron chi connectivity index (χ3n) is 13.6. The van der Waals surface area contributed by atoms with Crippen LogP contribution in [0.1, 0.15) is 74.9 Å². The fraction of sp³-hybridized carbons (Fsp3) is 0.164. The summed E-state index contributed by atoms with van der Waals surface area (Å²) >= 11 is 0. The van der Waals surface area contributed by atoms with Crippen LogP contribution < -0.4 is 4.90 Å². The lowest BCUT2D eigenvalue weighted by atomic mass is 9.80. The lowest BCUT2D eigenvalue weighted by Gasteiger charge is -2.31. The van der Waals surface area contributed by atoms with Gasteiger partial charge in [-0.1, -0.05) is 169 Å². The predicted octanol–water partition coefficient (Wildman–Crippen LogP) is 14.9. The van der Waals surface area contributed by atoms with Crippen molar-refractivity contribution in [2.24, 2.45) is 0 Å². The minimum atomic E-state index is -0.153. The number of hydrogen-bond donors (Lipinski definition) is 0. The summed E-state index contributed by atoms with van der Waals surface area (Å²) in [5.74, 6) is 0. The zero-order chi connectivity index (χ0) is 38.1. The van der Waals surface area contributed by atoms with Crippen LogP contribution in [0.3, 0.4) is 0 Å². The summed E-state index contributed by atoms with van der Waals surface area (Å²) in [5, 5.41) is 2.59. The quantitative estimate of drug-likeness (QED) is 0.175. The highest BCUT2D eigenvalue weighted by Crippen LogP contribution is 2.58. The Bertz CT molecular complexity index is 2940. The molecule has 0 fully saturated rings. The Balaban J connectivity index is 1.12. The second kappa shape index (κ2) is 11.4. The maximum absolute atomic E-state index is 2.54. The predicted molar refractivity (Wildman–Crippen MR) is 237 cm³/mol. The number of hydrogen-bond acceptors (Lipinski definition) is 1. The lowest BCUT2D eigenvalue weighted by Crippen LogP contribution is -2.18. The highest BCUT2D eigenvalue weighted by molar-refractivity contribution is 6.06. The van der Waals surface area contributed by atoms with Gasteiger partial charge in [-0.3, -0.25) is 0 Å². The van der Waals surface area contributed by atoms with Gasteiger partial charge in [0, 0.05) is 33.2 Å². The minimum Gasteiger partial charge on any atom is -0.310 e. The molecule has 0 spiro atoms. The van der Waals surface area contributed by atoms with E-state index in [9.17, 15) is 0 Å². The van der Waals surface area contributed by atoms with Crippen LogP contribution in [0.2, 0.25) is 0 Å². The van der Waals surface area contributed by atoms with Crippen LogP contribution >= 0.6 is 0 Å². The van der Waals surface area contributed by atoms with E-state index in [0.29, 0.717) is 0 Å². The van der Waals surface area contributed by atoms with Gasteiger partial charge in [-0.15, -0.1) is 0 Å². The van der Waals surface area contributed by atoms with E-state index < -0.39 is 0 Å². The molecule has 0 saturated heterocycles. The summed E-state index contributed by atoms with van der Waals surface area (Å²) in [4.78, 5) is 2.54. The minimum absolute atomic E-state index is 0.00604. The lowest BCUT2D eigenvalue weighted by molar-refractivity contribution is 0.660. The van der Waals surface area contributed by atoms with Crippen molar-refractivity contribution in [3.63, 3.8) is 0 Å². The average molecular weight is 720 g/mol. The molecule has 0 radical (unpaired) electrons. The fourth-order valence-corrected chi connectivity index (χ4v) is 10.8. The average Bonchev–Trinajstić information content (AvgIpc) is 3.71. The van der Waals surface area contributed by atoms with E-state index in [1.54, 1.807) is 0 Å². The molecule has 0 aliphatic heterocycles. The Morgan fingerprint density at radius 1 is 0.357 bits per heavy atom. The van der Waals surface area contributed by atoms with Gasteiger partial charge in [0.2, 0.25) is 0 Å². The molecule has 0 unspecified atom stereocenters. The second-order valence-corrected chi connectivity index (χ2v) is 17.8. The molecule has 0 atom stereocenters. The summed E-state index contributed by atoms with van der Waals surface area (Å²) < 4.78 is 0. The fourth-order valence-electron chi connectivity index (χ4n) is 10.8. The maximum atomic E-state index is 2.54. The summed E-state index contributed by atoms with van der Waals surface area (Å²) in [6.07, 6.45) is 0. The van der Waals surface area contributed by atoms with Crippen molar-refractivity contribution in [1.29, 1.82) is 0 Å². The van der Waals surface area contributed by atoms with E-state index >= 15 is 0 Å². The standard InChI is InChI=1S/C55H45N/c1-53(2)46-21-13-10-18-41(46)44-31-35(25-30-48(44)53)34-23-26-37(27-24-34)56(38-28-29-42-40-17-9-12-20-45(40)54(3,4)49(42)33-38)50-32-36-15-7-8-16-39(36)52-51(50)43-19-11-14-22-47(43)55(52,5)6/h7-33H,1-6H3. The van der Waals surface area contributed by atoms with Gasteiger partial charge in [-0.2, -0.15) is 0 Å². The maximum Gasteiger partial charge on any atom is 0.0549 e. The molecular formula is C55H45N. The highest BCUT2D eigenvalue weighted by Gasteiger charge is 2.41. The van der Waals surface area contributed by atoms with E-state index in [4.69, 9.17) is 0 Å². The highest BCUT2D eigenvalue weighted by atomic mass is 15.1. The molecule has 0 saturated carbocycles. The molecule has 3 aliphatic carbocycles. The molecule has 8 aromatic carbocycles. The molecule has 1 nitrogen and oxygen atoms in total. The zero-order valence-electron chi connectivity index (χ0n) is 33.0. The van der Waals surface area contributed by atoms with Crippen LogP contribution in [0.25, 0.3) is 55.3 Å². The SMILES string of the molecule is CC1(C)c2ccccc2-c2cc(-c3ccc(N(c4ccc5c(c4)C(C)(C)c4ccccc4-5)c4cc5ccccc5c5c4-c4ccccc4C5(C)C)cc3)ccc21. The second-order valence-electron chi connectivity index (χ2n) is 17.8. The molecule has 8 aromatic rings. The first-order chi connectivity index (χ1) is 27.0. The van der Waals surface area contributed by atoms with Gasteiger partial charge in [0.25, 0.3) is 0 Å². The normalized spacial score (nSPS) is 15.8. The van der Waals surface area contributed by atoms with Crippen LogP contribution in [0, 0.1) is 0 Å². The summed E-state index contributed by atoms with van der Waals surface area (Å²) in [5.41, 5.74) is 22.1. The van der Waals surface area contributed by atoms with E-state index in [2.05, 4.69) is 210 Å². The summed E-state index contributed by atoms with van der Waals surface area (Å²) in [7, 11) is 0. The molecule has 0 bridgehead atoms. The zero-order valence-corrected chi connectivity index (χ0v) is 33.0. The van der Waals surface area contributed by atoms with Gasteiger partial charge in [-0.25, -0.2) is 0 Å². The van der Waals surface area contributed by atoms with Crippen molar-refractivity contribution in [3.8, 4) is 44.5 Å². The van der Waals surface area contributed by atoms with Crippen molar-refractivity contribution in [2.45, 2.75) is 57.8 Å². The Morgan fingerprint density at radius 3 is 1.59 bits per heavy atom.